The average Bonchev–Trinajstić information content (AvgIpc) is 3.92. The molecule has 1 atom stereocenters. The molecule has 2 aromatic heterocycles. The van der Waals surface area contributed by atoms with Crippen LogP contribution in [0.4, 0.5) is 22.9 Å². The summed E-state index contributed by atoms with van der Waals surface area (Å²) in [5, 5.41) is 8.90. The van der Waals surface area contributed by atoms with E-state index in [2.05, 4.69) is 74.4 Å². The molecule has 18 heteroatoms. The van der Waals surface area contributed by atoms with Gasteiger partial charge in [0.2, 0.25) is 23.6 Å². The van der Waals surface area contributed by atoms with Gasteiger partial charge in [-0.15, -0.1) is 0 Å². The van der Waals surface area contributed by atoms with E-state index < -0.39 is 29.7 Å². The van der Waals surface area contributed by atoms with Crippen molar-refractivity contribution < 1.29 is 28.8 Å². The Morgan fingerprint density at radius 1 is 0.722 bits per heavy atom. The topological polar surface area (TPSA) is 198 Å². The number of carbonyl (C=O) groups is 6. The fraction of sp³-hybridized carbons (Fsp3) is 0.463. The zero-order valence-corrected chi connectivity index (χ0v) is 40.4. The van der Waals surface area contributed by atoms with E-state index in [0.29, 0.717) is 36.8 Å². The highest BCUT2D eigenvalue weighted by atomic mass is 16.2. The Kier molecular flexibility index (Phi) is 12.0. The first-order valence-electron chi connectivity index (χ1n) is 25.8. The fourth-order valence-electron chi connectivity index (χ4n) is 12.5. The smallest absolute Gasteiger partial charge is 0.262 e. The van der Waals surface area contributed by atoms with E-state index in [1.165, 1.54) is 31.4 Å². The summed E-state index contributed by atoms with van der Waals surface area (Å²) in [6.07, 6.45) is 11.9. The number of anilines is 4. The fourth-order valence-corrected chi connectivity index (χ4v) is 12.5. The number of nitrogens with zero attached hydrogens (tertiary/aromatic N) is 9. The van der Waals surface area contributed by atoms with E-state index in [-0.39, 0.29) is 53.8 Å². The van der Waals surface area contributed by atoms with Crippen molar-refractivity contribution in [3.8, 4) is 0 Å². The number of hydrogen-bond donors (Lipinski definition) is 3. The molecule has 1 spiro atoms. The van der Waals surface area contributed by atoms with Gasteiger partial charge in [0.25, 0.3) is 11.8 Å². The van der Waals surface area contributed by atoms with Gasteiger partial charge in [0.05, 0.1) is 23.9 Å². The Morgan fingerprint density at radius 3 is 2.17 bits per heavy atom. The lowest BCUT2D eigenvalue weighted by molar-refractivity contribution is -0.139. The van der Waals surface area contributed by atoms with E-state index in [0.717, 1.165) is 98.0 Å². The van der Waals surface area contributed by atoms with E-state index in [1.54, 1.807) is 18.5 Å². The van der Waals surface area contributed by atoms with Crippen LogP contribution in [0, 0.1) is 11.3 Å². The maximum atomic E-state index is 13.8. The summed E-state index contributed by atoms with van der Waals surface area (Å²) in [4.78, 5) is 101. The zero-order chi connectivity index (χ0) is 49.1. The summed E-state index contributed by atoms with van der Waals surface area (Å²) in [5.41, 5.74) is 6.44. The number of carbonyl (C=O) groups excluding carboxylic acids is 6. The molecule has 4 saturated heterocycles. The van der Waals surface area contributed by atoms with E-state index in [4.69, 9.17) is 4.98 Å². The molecule has 6 fully saturated rings. The summed E-state index contributed by atoms with van der Waals surface area (Å²) in [6, 6.07) is 23.6. The maximum absolute atomic E-state index is 13.8. The lowest BCUT2D eigenvalue weighted by atomic mass is 9.60. The summed E-state index contributed by atoms with van der Waals surface area (Å²) in [5.74, 6) is -1.13. The molecule has 2 aliphatic carbocycles. The number of piperidine rings is 3. The molecule has 5 aromatic rings. The van der Waals surface area contributed by atoms with Crippen LogP contribution in [0.5, 0.6) is 0 Å². The van der Waals surface area contributed by atoms with Crippen molar-refractivity contribution in [3.05, 3.63) is 102 Å². The van der Waals surface area contributed by atoms with Gasteiger partial charge in [-0.1, -0.05) is 30.3 Å². The molecular formula is C54H60N12O6. The van der Waals surface area contributed by atoms with Gasteiger partial charge in [-0.3, -0.25) is 43.9 Å². The first-order valence-corrected chi connectivity index (χ1v) is 25.8. The molecule has 18 nitrogen and oxygen atoms in total. The van der Waals surface area contributed by atoms with Crippen molar-refractivity contribution in [2.45, 2.75) is 94.8 Å². The molecule has 0 radical (unpaired) electrons. The van der Waals surface area contributed by atoms with Crippen LogP contribution in [0.15, 0.2) is 85.5 Å². The number of rotatable bonds is 11. The van der Waals surface area contributed by atoms with Gasteiger partial charge in [-0.25, -0.2) is 15.0 Å². The third-order valence-corrected chi connectivity index (χ3v) is 16.9. The van der Waals surface area contributed by atoms with Gasteiger partial charge in [-0.2, -0.15) is 0 Å². The second-order valence-electron chi connectivity index (χ2n) is 21.1. The Balaban J connectivity index is 0.566. The van der Waals surface area contributed by atoms with Crippen LogP contribution in [0.25, 0.3) is 11.2 Å². The summed E-state index contributed by atoms with van der Waals surface area (Å²) in [7, 11) is 0. The molecule has 372 valence electrons. The Morgan fingerprint density at radius 2 is 1.43 bits per heavy atom. The largest absolute Gasteiger partial charge is 0.371 e. The normalized spacial score (nSPS) is 23.8. The van der Waals surface area contributed by atoms with Crippen molar-refractivity contribution in [2.75, 3.05) is 67.5 Å². The van der Waals surface area contributed by atoms with Crippen molar-refractivity contribution in [1.29, 1.82) is 0 Å². The first kappa shape index (κ1) is 45.9. The van der Waals surface area contributed by atoms with Crippen LogP contribution in [0.3, 0.4) is 0 Å². The predicted octanol–water partition coefficient (Wildman–Crippen LogP) is 4.84. The number of fused-ring (bicyclic) bond motifs is 2. The van der Waals surface area contributed by atoms with Crippen molar-refractivity contribution in [1.82, 2.24) is 44.9 Å². The number of imidazole rings is 1. The number of nitrogens with one attached hydrogen (secondary N) is 3. The molecule has 0 bridgehead atoms. The van der Waals surface area contributed by atoms with E-state index in [9.17, 15) is 28.8 Å². The Hall–Kier alpha value is -7.21. The average molecular weight is 973 g/mol. The van der Waals surface area contributed by atoms with Gasteiger partial charge in [-0.05, 0) is 111 Å². The first-order chi connectivity index (χ1) is 35.0. The zero-order valence-electron chi connectivity index (χ0n) is 40.4. The Labute approximate surface area is 417 Å². The van der Waals surface area contributed by atoms with Gasteiger partial charge >= 0.3 is 0 Å². The lowest BCUT2D eigenvalue weighted by Crippen LogP contribution is -2.60. The van der Waals surface area contributed by atoms with Gasteiger partial charge in [0, 0.05) is 99.9 Å². The molecule has 5 aliphatic heterocycles. The van der Waals surface area contributed by atoms with Crippen LogP contribution in [0.2, 0.25) is 0 Å². The quantitative estimate of drug-likeness (QED) is 0.152. The molecule has 7 heterocycles. The van der Waals surface area contributed by atoms with Crippen LogP contribution in [-0.4, -0.2) is 140 Å². The minimum atomic E-state index is -0.995. The summed E-state index contributed by atoms with van der Waals surface area (Å²) in [6.45, 7) is 6.76. The minimum absolute atomic E-state index is 0.0424. The summed E-state index contributed by atoms with van der Waals surface area (Å²) < 4.78 is 2.11. The van der Waals surface area contributed by atoms with Gasteiger partial charge in [0.15, 0.2) is 17.0 Å². The molecule has 3 aromatic carbocycles. The second-order valence-corrected chi connectivity index (χ2v) is 21.1. The van der Waals surface area contributed by atoms with Crippen molar-refractivity contribution in [3.63, 3.8) is 0 Å². The number of benzene rings is 3. The van der Waals surface area contributed by atoms with E-state index in [1.807, 2.05) is 42.7 Å². The highest BCUT2D eigenvalue weighted by molar-refractivity contribution is 6.23. The van der Waals surface area contributed by atoms with Crippen LogP contribution in [-0.2, 0) is 25.6 Å². The lowest BCUT2D eigenvalue weighted by Gasteiger charge is -2.56. The molecule has 72 heavy (non-hydrogen) atoms. The number of aromatic nitrogens is 4. The molecule has 0 unspecified atom stereocenters. The standard InChI is InChI=1S/C54H60N12O6/c67-45-13-12-44(50(69)60-45)66-52(71)42-11-10-39(29-43(42)53(66)72)61-18-14-35(15-19-61)51(70)64-24-22-63(23-25-64)41-30-54(31-41)16-20-62(21-17-54)38-8-6-36(7-9-38)59-48-47-49(56-32-55-48)65(33-57-47)40-27-37(28-40)58-46(68)26-34-4-2-1-3-5-34/h1-11,29,32-33,35,37,40-41,44H,12-28,30-31H2,(H,58,68)(H,55,56,59)(H,60,67,69)/t37?,40?,44-/m0/s1. The molecule has 7 aliphatic rings. The highest BCUT2D eigenvalue weighted by Gasteiger charge is 2.49. The van der Waals surface area contributed by atoms with E-state index >= 15 is 0 Å². The third kappa shape index (κ3) is 8.72. The number of amides is 6. The predicted molar refractivity (Wildman–Crippen MR) is 269 cm³/mol. The van der Waals surface area contributed by atoms with Gasteiger partial charge in [0.1, 0.15) is 12.4 Å². The van der Waals surface area contributed by atoms with Crippen molar-refractivity contribution >= 4 is 69.5 Å². The summed E-state index contributed by atoms with van der Waals surface area (Å²) >= 11 is 0. The number of hydrogen-bond acceptors (Lipinski definition) is 13. The number of imide groups is 2. The monoisotopic (exact) mass is 972 g/mol. The molecule has 12 rings (SSSR count). The highest BCUT2D eigenvalue weighted by Crippen LogP contribution is 2.51. The molecular weight excluding hydrogens is 913 g/mol. The molecule has 3 N–H and O–H groups in total. The molecule has 6 amide bonds. The second kappa shape index (κ2) is 18.8. The third-order valence-electron chi connectivity index (χ3n) is 16.9. The molecule has 2 saturated carbocycles. The van der Waals surface area contributed by atoms with Gasteiger partial charge < -0.3 is 29.9 Å². The van der Waals surface area contributed by atoms with Crippen molar-refractivity contribution in [2.24, 2.45) is 11.3 Å². The minimum Gasteiger partial charge on any atom is -0.371 e. The Bertz CT molecular complexity index is 2920. The SMILES string of the molecule is O=C1CC[C@H](N2C(=O)c3ccc(N4CCC(C(=O)N5CCN(C6CC7(CCN(c8ccc(Nc9ncnc%10c9ncn%10C9CC(NC(=O)Cc%10ccccc%10)C9)cc8)CC7)C6)CC5)CC4)cc3C2=O)C(=O)N1. The maximum Gasteiger partial charge on any atom is 0.262 e. The number of piperazine rings is 1. The van der Waals surface area contributed by atoms with Crippen LogP contribution in [0.1, 0.15) is 96.5 Å². The van der Waals surface area contributed by atoms with Crippen LogP contribution < -0.4 is 25.8 Å². The van der Waals surface area contributed by atoms with Crippen LogP contribution >= 0.6 is 0 Å².